The predicted octanol–water partition coefficient (Wildman–Crippen LogP) is 2.11. The molecule has 0 unspecified atom stereocenters. The molecule has 0 spiro atoms. The van der Waals surface area contributed by atoms with E-state index in [9.17, 15) is 4.79 Å². The fraction of sp³-hybridized carbons (Fsp3) is 0.286. The van der Waals surface area contributed by atoms with Crippen LogP contribution in [-0.2, 0) is 6.54 Å². The number of pyridine rings is 2. The van der Waals surface area contributed by atoms with Crippen LogP contribution in [0.5, 0.6) is 0 Å². The maximum atomic E-state index is 11.0. The van der Waals surface area contributed by atoms with Gasteiger partial charge in [-0.15, -0.1) is 0 Å². The molecule has 2 heterocycles. The SMILES string of the molecule is CCCNc1ncccc1Cn1ccc(=O)cc1. The topological polar surface area (TPSA) is 46.9 Å². The van der Waals surface area contributed by atoms with Crippen LogP contribution in [0.3, 0.4) is 0 Å². The summed E-state index contributed by atoms with van der Waals surface area (Å²) in [5.41, 5.74) is 1.15. The molecular weight excluding hydrogens is 226 g/mol. The Kier molecular flexibility index (Phi) is 4.12. The van der Waals surface area contributed by atoms with Crippen LogP contribution in [0.1, 0.15) is 18.9 Å². The molecule has 0 saturated carbocycles. The molecule has 4 heteroatoms. The van der Waals surface area contributed by atoms with Crippen molar-refractivity contribution < 1.29 is 0 Å². The first-order chi connectivity index (χ1) is 8.79. The van der Waals surface area contributed by atoms with Crippen LogP contribution >= 0.6 is 0 Å². The number of aromatic nitrogens is 2. The van der Waals surface area contributed by atoms with E-state index in [4.69, 9.17) is 0 Å². The van der Waals surface area contributed by atoms with Crippen molar-refractivity contribution in [2.24, 2.45) is 0 Å². The van der Waals surface area contributed by atoms with Gasteiger partial charge in [0.1, 0.15) is 5.82 Å². The van der Waals surface area contributed by atoms with Crippen molar-refractivity contribution in [2.45, 2.75) is 19.9 Å². The molecule has 0 saturated heterocycles. The molecule has 4 nitrogen and oxygen atoms in total. The van der Waals surface area contributed by atoms with Crippen LogP contribution in [0.15, 0.2) is 47.7 Å². The van der Waals surface area contributed by atoms with Crippen LogP contribution in [0, 0.1) is 0 Å². The average Bonchev–Trinajstić information content (AvgIpc) is 2.40. The van der Waals surface area contributed by atoms with E-state index >= 15 is 0 Å². The van der Waals surface area contributed by atoms with E-state index in [1.54, 1.807) is 30.7 Å². The van der Waals surface area contributed by atoms with Crippen LogP contribution in [0.4, 0.5) is 5.82 Å². The summed E-state index contributed by atoms with van der Waals surface area (Å²) in [6, 6.07) is 7.10. The molecule has 2 rings (SSSR count). The van der Waals surface area contributed by atoms with E-state index in [0.29, 0.717) is 6.54 Å². The van der Waals surface area contributed by atoms with Crippen molar-refractivity contribution in [1.29, 1.82) is 0 Å². The zero-order valence-corrected chi connectivity index (χ0v) is 10.5. The number of nitrogens with one attached hydrogen (secondary N) is 1. The third-order valence-corrected chi connectivity index (χ3v) is 2.65. The first-order valence-corrected chi connectivity index (χ1v) is 6.13. The number of hydrogen-bond acceptors (Lipinski definition) is 3. The number of nitrogens with zero attached hydrogens (tertiary/aromatic N) is 2. The summed E-state index contributed by atoms with van der Waals surface area (Å²) in [7, 11) is 0. The van der Waals surface area contributed by atoms with Gasteiger partial charge in [-0.2, -0.15) is 0 Å². The highest BCUT2D eigenvalue weighted by atomic mass is 16.1. The lowest BCUT2D eigenvalue weighted by Gasteiger charge is -2.11. The second-order valence-corrected chi connectivity index (χ2v) is 4.14. The lowest BCUT2D eigenvalue weighted by molar-refractivity contribution is 0.784. The highest BCUT2D eigenvalue weighted by Crippen LogP contribution is 2.12. The van der Waals surface area contributed by atoms with Gasteiger partial charge in [0.15, 0.2) is 5.43 Å². The summed E-state index contributed by atoms with van der Waals surface area (Å²) in [5, 5.41) is 3.31. The lowest BCUT2D eigenvalue weighted by atomic mass is 10.2. The molecule has 0 aliphatic heterocycles. The highest BCUT2D eigenvalue weighted by molar-refractivity contribution is 5.43. The molecule has 94 valence electrons. The number of hydrogen-bond donors (Lipinski definition) is 1. The summed E-state index contributed by atoms with van der Waals surface area (Å²) in [5.74, 6) is 0.915. The minimum Gasteiger partial charge on any atom is -0.370 e. The van der Waals surface area contributed by atoms with E-state index < -0.39 is 0 Å². The maximum absolute atomic E-state index is 11.0. The van der Waals surface area contributed by atoms with Crippen molar-refractivity contribution in [3.8, 4) is 0 Å². The first-order valence-electron chi connectivity index (χ1n) is 6.13. The molecular formula is C14H17N3O. The Balaban J connectivity index is 2.17. The predicted molar refractivity (Wildman–Crippen MR) is 72.8 cm³/mol. The van der Waals surface area contributed by atoms with E-state index in [1.807, 2.05) is 16.7 Å². The fourth-order valence-corrected chi connectivity index (χ4v) is 1.71. The van der Waals surface area contributed by atoms with Gasteiger partial charge in [0, 0.05) is 42.8 Å². The molecule has 0 fully saturated rings. The van der Waals surface area contributed by atoms with E-state index in [1.165, 1.54) is 0 Å². The second-order valence-electron chi connectivity index (χ2n) is 4.14. The lowest BCUT2D eigenvalue weighted by Crippen LogP contribution is -2.09. The first kappa shape index (κ1) is 12.4. The van der Waals surface area contributed by atoms with E-state index in [2.05, 4.69) is 17.2 Å². The quantitative estimate of drug-likeness (QED) is 0.875. The maximum Gasteiger partial charge on any atom is 0.181 e. The molecule has 0 bridgehead atoms. The van der Waals surface area contributed by atoms with Gasteiger partial charge in [0.2, 0.25) is 0 Å². The van der Waals surface area contributed by atoms with Gasteiger partial charge in [-0.3, -0.25) is 4.79 Å². The molecule has 0 radical (unpaired) electrons. The average molecular weight is 243 g/mol. The smallest absolute Gasteiger partial charge is 0.181 e. The largest absolute Gasteiger partial charge is 0.370 e. The van der Waals surface area contributed by atoms with Gasteiger partial charge >= 0.3 is 0 Å². The molecule has 18 heavy (non-hydrogen) atoms. The Bertz CT molecular complexity index is 542. The summed E-state index contributed by atoms with van der Waals surface area (Å²) in [6.07, 6.45) is 6.43. The highest BCUT2D eigenvalue weighted by Gasteiger charge is 2.02. The fourth-order valence-electron chi connectivity index (χ4n) is 1.71. The van der Waals surface area contributed by atoms with Gasteiger partial charge in [-0.05, 0) is 12.5 Å². The monoisotopic (exact) mass is 243 g/mol. The Morgan fingerprint density at radius 2 is 2.06 bits per heavy atom. The molecule has 0 atom stereocenters. The molecule has 0 aromatic carbocycles. The normalized spacial score (nSPS) is 10.3. The van der Waals surface area contributed by atoms with Crippen molar-refractivity contribution in [3.63, 3.8) is 0 Å². The van der Waals surface area contributed by atoms with Gasteiger partial charge in [0.05, 0.1) is 6.54 Å². The van der Waals surface area contributed by atoms with Crippen LogP contribution in [0.2, 0.25) is 0 Å². The second kappa shape index (κ2) is 6.00. The third-order valence-electron chi connectivity index (χ3n) is 2.65. The van der Waals surface area contributed by atoms with Crippen molar-refractivity contribution >= 4 is 5.82 Å². The van der Waals surface area contributed by atoms with Gasteiger partial charge in [0.25, 0.3) is 0 Å². The third kappa shape index (κ3) is 3.20. The molecule has 1 N–H and O–H groups in total. The molecule has 0 amide bonds. The molecule has 2 aromatic rings. The zero-order valence-electron chi connectivity index (χ0n) is 10.5. The van der Waals surface area contributed by atoms with E-state index in [-0.39, 0.29) is 5.43 Å². The molecule has 2 aromatic heterocycles. The summed E-state index contributed by atoms with van der Waals surface area (Å²) >= 11 is 0. The van der Waals surface area contributed by atoms with Gasteiger partial charge in [-0.1, -0.05) is 13.0 Å². The summed E-state index contributed by atoms with van der Waals surface area (Å²) < 4.78 is 1.97. The Labute approximate surface area is 106 Å². The minimum atomic E-state index is 0.0294. The summed E-state index contributed by atoms with van der Waals surface area (Å²) in [6.45, 7) is 3.74. The van der Waals surface area contributed by atoms with Gasteiger partial charge < -0.3 is 9.88 Å². The standard InChI is InChI=1S/C14H17N3O/c1-2-7-15-14-12(4-3-8-16-14)11-17-9-5-13(18)6-10-17/h3-6,8-10H,2,7,11H2,1H3,(H,15,16). The zero-order chi connectivity index (χ0) is 12.8. The molecule has 0 aliphatic rings. The molecule has 0 aliphatic carbocycles. The summed E-state index contributed by atoms with van der Waals surface area (Å²) in [4.78, 5) is 15.4. The van der Waals surface area contributed by atoms with Crippen LogP contribution in [-0.4, -0.2) is 16.1 Å². The van der Waals surface area contributed by atoms with Crippen LogP contribution in [0.25, 0.3) is 0 Å². The van der Waals surface area contributed by atoms with Crippen molar-refractivity contribution in [2.75, 3.05) is 11.9 Å². The minimum absolute atomic E-state index is 0.0294. The van der Waals surface area contributed by atoms with Crippen molar-refractivity contribution in [3.05, 3.63) is 58.6 Å². The Morgan fingerprint density at radius 1 is 1.28 bits per heavy atom. The Hall–Kier alpha value is -2.10. The van der Waals surface area contributed by atoms with Gasteiger partial charge in [-0.25, -0.2) is 4.98 Å². The van der Waals surface area contributed by atoms with Crippen LogP contribution < -0.4 is 10.7 Å². The van der Waals surface area contributed by atoms with Crippen molar-refractivity contribution in [1.82, 2.24) is 9.55 Å². The Morgan fingerprint density at radius 3 is 2.78 bits per heavy atom. The van der Waals surface area contributed by atoms with E-state index in [0.717, 1.165) is 24.3 Å². The number of rotatable bonds is 5. The number of anilines is 1.